The Labute approximate surface area is 246 Å². The summed E-state index contributed by atoms with van der Waals surface area (Å²) in [6.07, 6.45) is 10.3. The van der Waals surface area contributed by atoms with Gasteiger partial charge in [-0.05, 0) is 91.6 Å². The molecular formula is C36H33N5O. The van der Waals surface area contributed by atoms with Gasteiger partial charge in [0.25, 0.3) is 0 Å². The van der Waals surface area contributed by atoms with Crippen LogP contribution in [-0.2, 0) is 6.54 Å². The normalized spacial score (nSPS) is 12.5. The van der Waals surface area contributed by atoms with Crippen molar-refractivity contribution in [2.75, 3.05) is 5.32 Å². The third-order valence-corrected chi connectivity index (χ3v) is 7.03. The Morgan fingerprint density at radius 3 is 2.43 bits per heavy atom. The standard InChI is InChI=1S/C36H33N5O/c1-4-32(40-33-13-10-28(23-37)11-14-33)15-16-34-36(41(25-39-34)24-29-8-6-5-7-9-29)27(3)42-35-17-12-31(22-26(35)2)30-18-20-38-21-19-30/h4-14,16-22,25,40H,15,24H2,1-3H3/b32-4-,34-16+,36-27-. The van der Waals surface area contributed by atoms with Gasteiger partial charge in [0.2, 0.25) is 0 Å². The van der Waals surface area contributed by atoms with Crippen LogP contribution in [0.2, 0.25) is 0 Å². The van der Waals surface area contributed by atoms with Crippen molar-refractivity contribution in [2.45, 2.75) is 33.7 Å². The maximum Gasteiger partial charge on any atom is 0.129 e. The van der Waals surface area contributed by atoms with E-state index >= 15 is 0 Å². The molecule has 5 rings (SSSR count). The molecule has 0 fully saturated rings. The molecule has 0 unspecified atom stereocenters. The number of hydrogen-bond acceptors (Lipinski definition) is 5. The Bertz CT molecular complexity index is 1850. The first-order chi connectivity index (χ1) is 20.5. The molecule has 6 nitrogen and oxygen atoms in total. The van der Waals surface area contributed by atoms with Gasteiger partial charge in [-0.3, -0.25) is 4.98 Å². The average Bonchev–Trinajstić information content (AvgIpc) is 3.43. The van der Waals surface area contributed by atoms with E-state index in [1.807, 2.05) is 80.8 Å². The van der Waals surface area contributed by atoms with Gasteiger partial charge in [-0.1, -0.05) is 48.6 Å². The molecule has 0 saturated heterocycles. The van der Waals surface area contributed by atoms with E-state index < -0.39 is 0 Å². The summed E-state index contributed by atoms with van der Waals surface area (Å²) in [5.41, 5.74) is 7.07. The summed E-state index contributed by atoms with van der Waals surface area (Å²) in [5.74, 6) is 1.58. The van der Waals surface area contributed by atoms with Crippen molar-refractivity contribution in [2.24, 2.45) is 0 Å². The SMILES string of the molecule is C/C=C(/C/C=c1/ncn(Cc2ccccc2)/c1=C(/C)Oc1ccc(-c2ccncc2)cc1C)Nc1ccc(C#N)cc1. The monoisotopic (exact) mass is 551 g/mol. The molecule has 42 heavy (non-hydrogen) atoms. The lowest BCUT2D eigenvalue weighted by molar-refractivity contribution is 0.493. The number of hydrogen-bond donors (Lipinski definition) is 1. The fourth-order valence-electron chi connectivity index (χ4n) is 4.79. The molecule has 0 aliphatic carbocycles. The van der Waals surface area contributed by atoms with Gasteiger partial charge in [-0.25, -0.2) is 4.98 Å². The highest BCUT2D eigenvalue weighted by atomic mass is 16.5. The molecule has 2 aromatic heterocycles. The number of anilines is 1. The fourth-order valence-corrected chi connectivity index (χ4v) is 4.79. The van der Waals surface area contributed by atoms with Crippen molar-refractivity contribution in [3.05, 3.63) is 143 Å². The highest BCUT2D eigenvalue weighted by molar-refractivity contribution is 5.65. The number of allylic oxidation sites excluding steroid dienone is 2. The number of benzene rings is 3. The second-order valence-electron chi connectivity index (χ2n) is 10.0. The van der Waals surface area contributed by atoms with Crippen LogP contribution in [0.3, 0.4) is 0 Å². The number of ether oxygens (including phenoxy) is 1. The van der Waals surface area contributed by atoms with Crippen LogP contribution in [-0.4, -0.2) is 14.5 Å². The summed E-state index contributed by atoms with van der Waals surface area (Å²) >= 11 is 0. The predicted octanol–water partition coefficient (Wildman–Crippen LogP) is 6.57. The van der Waals surface area contributed by atoms with Gasteiger partial charge in [0.1, 0.15) is 16.9 Å². The van der Waals surface area contributed by atoms with Crippen LogP contribution >= 0.6 is 0 Å². The molecule has 0 atom stereocenters. The van der Waals surface area contributed by atoms with Gasteiger partial charge in [-0.15, -0.1) is 0 Å². The van der Waals surface area contributed by atoms with Crippen LogP contribution in [0.25, 0.3) is 23.0 Å². The zero-order valence-electron chi connectivity index (χ0n) is 24.1. The Balaban J connectivity index is 1.48. The molecule has 0 saturated carbocycles. The molecule has 208 valence electrons. The number of aromatic nitrogens is 3. The van der Waals surface area contributed by atoms with Crippen LogP contribution in [0.1, 0.15) is 37.0 Å². The minimum atomic E-state index is 0.635. The summed E-state index contributed by atoms with van der Waals surface area (Å²) in [6, 6.07) is 30.2. The smallest absolute Gasteiger partial charge is 0.129 e. The average molecular weight is 552 g/mol. The number of aryl methyl sites for hydroxylation is 1. The van der Waals surface area contributed by atoms with E-state index in [1.165, 1.54) is 5.56 Å². The van der Waals surface area contributed by atoms with Gasteiger partial charge < -0.3 is 14.6 Å². The summed E-state index contributed by atoms with van der Waals surface area (Å²) in [7, 11) is 0. The number of rotatable bonds is 9. The number of nitriles is 1. The van der Waals surface area contributed by atoms with E-state index in [2.05, 4.69) is 64.3 Å². The molecule has 0 spiro atoms. The van der Waals surface area contributed by atoms with E-state index in [9.17, 15) is 0 Å². The number of nitrogens with zero attached hydrogens (tertiary/aromatic N) is 4. The summed E-state index contributed by atoms with van der Waals surface area (Å²) < 4.78 is 8.66. The molecule has 0 aliphatic heterocycles. The molecular weight excluding hydrogens is 518 g/mol. The van der Waals surface area contributed by atoms with E-state index in [-0.39, 0.29) is 0 Å². The Hall–Kier alpha value is -5.41. The second kappa shape index (κ2) is 13.3. The maximum atomic E-state index is 9.09. The third kappa shape index (κ3) is 6.83. The molecule has 2 heterocycles. The number of imidazole rings is 1. The van der Waals surface area contributed by atoms with Crippen LogP contribution in [0.5, 0.6) is 5.75 Å². The first-order valence-corrected chi connectivity index (χ1v) is 13.9. The van der Waals surface area contributed by atoms with E-state index in [4.69, 9.17) is 15.0 Å². The van der Waals surface area contributed by atoms with E-state index in [0.717, 1.165) is 50.3 Å². The minimum Gasteiger partial charge on any atom is -0.459 e. The highest BCUT2D eigenvalue weighted by Gasteiger charge is 2.09. The first-order valence-electron chi connectivity index (χ1n) is 13.9. The van der Waals surface area contributed by atoms with Crippen molar-refractivity contribution in [3.63, 3.8) is 0 Å². The number of nitrogens with one attached hydrogen (secondary N) is 1. The van der Waals surface area contributed by atoms with Crippen molar-refractivity contribution < 1.29 is 4.74 Å². The van der Waals surface area contributed by atoms with Crippen molar-refractivity contribution in [1.29, 1.82) is 5.26 Å². The summed E-state index contributed by atoms with van der Waals surface area (Å²) in [4.78, 5) is 8.92. The molecule has 0 bridgehead atoms. The van der Waals surface area contributed by atoms with E-state index in [1.54, 1.807) is 12.4 Å². The molecule has 6 heteroatoms. The third-order valence-electron chi connectivity index (χ3n) is 7.03. The van der Waals surface area contributed by atoms with Crippen molar-refractivity contribution in [1.82, 2.24) is 14.5 Å². The van der Waals surface area contributed by atoms with Crippen molar-refractivity contribution in [3.8, 4) is 22.9 Å². The zero-order valence-corrected chi connectivity index (χ0v) is 24.1. The summed E-state index contributed by atoms with van der Waals surface area (Å²) in [6.45, 7) is 6.75. The fraction of sp³-hybridized carbons (Fsp3) is 0.139. The van der Waals surface area contributed by atoms with Crippen molar-refractivity contribution >= 4 is 17.5 Å². The Morgan fingerprint density at radius 1 is 0.976 bits per heavy atom. The predicted molar refractivity (Wildman–Crippen MR) is 169 cm³/mol. The Morgan fingerprint density at radius 2 is 1.74 bits per heavy atom. The lowest BCUT2D eigenvalue weighted by atomic mass is 10.0. The minimum absolute atomic E-state index is 0.635. The van der Waals surface area contributed by atoms with Gasteiger partial charge in [-0.2, -0.15) is 5.26 Å². The first kappa shape index (κ1) is 28.1. The largest absolute Gasteiger partial charge is 0.459 e. The molecule has 0 amide bonds. The van der Waals surface area contributed by atoms with Gasteiger partial charge in [0, 0.05) is 36.7 Å². The molecule has 5 aromatic rings. The van der Waals surface area contributed by atoms with Crippen LogP contribution in [0, 0.1) is 18.3 Å². The second-order valence-corrected chi connectivity index (χ2v) is 10.0. The van der Waals surface area contributed by atoms with E-state index in [0.29, 0.717) is 18.5 Å². The van der Waals surface area contributed by atoms with Gasteiger partial charge in [0.15, 0.2) is 0 Å². The zero-order chi connectivity index (χ0) is 29.3. The topological polar surface area (TPSA) is 75.8 Å². The van der Waals surface area contributed by atoms with Gasteiger partial charge >= 0.3 is 0 Å². The molecule has 0 radical (unpaired) electrons. The van der Waals surface area contributed by atoms with Crippen LogP contribution < -0.4 is 20.8 Å². The maximum absolute atomic E-state index is 9.09. The summed E-state index contributed by atoms with van der Waals surface area (Å²) in [5, 5.41) is 14.3. The number of pyridine rings is 1. The quantitative estimate of drug-likeness (QED) is 0.224. The van der Waals surface area contributed by atoms with Crippen LogP contribution in [0.15, 0.2) is 115 Å². The van der Waals surface area contributed by atoms with Gasteiger partial charge in [0.05, 0.1) is 23.3 Å². The molecule has 0 aliphatic rings. The highest BCUT2D eigenvalue weighted by Crippen LogP contribution is 2.27. The van der Waals surface area contributed by atoms with Crippen LogP contribution in [0.4, 0.5) is 5.69 Å². The Kier molecular flexibility index (Phi) is 8.91. The lowest BCUT2D eigenvalue weighted by Gasteiger charge is -2.12. The lowest BCUT2D eigenvalue weighted by Crippen LogP contribution is -2.34. The molecule has 3 aromatic carbocycles. The molecule has 1 N–H and O–H groups in total.